The van der Waals surface area contributed by atoms with E-state index in [0.717, 1.165) is 10.2 Å². The van der Waals surface area contributed by atoms with Crippen molar-refractivity contribution in [2.75, 3.05) is 5.01 Å². The summed E-state index contributed by atoms with van der Waals surface area (Å²) in [5, 5.41) is 1.84. The zero-order valence-corrected chi connectivity index (χ0v) is 10.8. The van der Waals surface area contributed by atoms with Gasteiger partial charge in [-0.05, 0) is 41.9 Å². The Morgan fingerprint density at radius 3 is 2.50 bits per heavy atom. The van der Waals surface area contributed by atoms with E-state index in [4.69, 9.17) is 0 Å². The summed E-state index contributed by atoms with van der Waals surface area (Å²) in [6.07, 6.45) is 0. The first-order valence-electron chi connectivity index (χ1n) is 4.99. The van der Waals surface area contributed by atoms with Gasteiger partial charge in [0, 0.05) is 10.0 Å². The van der Waals surface area contributed by atoms with Crippen LogP contribution in [0.4, 0.5) is 5.69 Å². The number of nitrogens with one attached hydrogen (secondary N) is 1. The molecule has 1 aliphatic rings. The average molecular weight is 281 g/mol. The minimum atomic E-state index is -0.416. The summed E-state index contributed by atoms with van der Waals surface area (Å²) in [5.41, 5.74) is 3.90. The number of hydrogen-bond acceptors (Lipinski definition) is 2. The Labute approximate surface area is 103 Å². The lowest BCUT2D eigenvalue weighted by molar-refractivity contribution is -0.116. The molecular formula is C12H13BrN2O. The van der Waals surface area contributed by atoms with Crippen molar-refractivity contribution in [1.82, 2.24) is 5.43 Å². The van der Waals surface area contributed by atoms with Crippen molar-refractivity contribution in [3.63, 3.8) is 0 Å². The minimum absolute atomic E-state index is 0.124. The molecule has 0 aromatic heterocycles. The SMILES string of the molecule is C=C1C(=O)NN(c2ccccc2Br)C1(C)C. The molecule has 1 aromatic carbocycles. The topological polar surface area (TPSA) is 32.3 Å². The molecule has 0 bridgehead atoms. The minimum Gasteiger partial charge on any atom is -0.274 e. The monoisotopic (exact) mass is 280 g/mol. The molecule has 0 aliphatic carbocycles. The van der Waals surface area contributed by atoms with Crippen LogP contribution < -0.4 is 10.4 Å². The number of carbonyl (C=O) groups is 1. The fraction of sp³-hybridized carbons (Fsp3) is 0.250. The van der Waals surface area contributed by atoms with E-state index in [1.54, 1.807) is 0 Å². The summed E-state index contributed by atoms with van der Waals surface area (Å²) in [6.45, 7) is 7.75. The molecule has 1 aliphatic heterocycles. The van der Waals surface area contributed by atoms with Crippen LogP contribution >= 0.6 is 15.9 Å². The predicted octanol–water partition coefficient (Wildman–Crippen LogP) is 2.64. The van der Waals surface area contributed by atoms with Crippen molar-refractivity contribution in [2.45, 2.75) is 19.4 Å². The van der Waals surface area contributed by atoms with E-state index in [2.05, 4.69) is 27.9 Å². The van der Waals surface area contributed by atoms with Gasteiger partial charge in [0.2, 0.25) is 0 Å². The highest BCUT2D eigenvalue weighted by atomic mass is 79.9. The van der Waals surface area contributed by atoms with Crippen LogP contribution in [0, 0.1) is 0 Å². The van der Waals surface area contributed by atoms with Crippen LogP contribution in [0.15, 0.2) is 40.9 Å². The molecule has 1 heterocycles. The maximum atomic E-state index is 11.6. The fourth-order valence-corrected chi connectivity index (χ4v) is 2.18. The molecular weight excluding hydrogens is 268 g/mol. The van der Waals surface area contributed by atoms with E-state index >= 15 is 0 Å². The Morgan fingerprint density at radius 2 is 2.00 bits per heavy atom. The molecule has 2 rings (SSSR count). The first kappa shape index (κ1) is 11.2. The summed E-state index contributed by atoms with van der Waals surface area (Å²) >= 11 is 3.48. The first-order chi connectivity index (χ1) is 7.44. The average Bonchev–Trinajstić information content (AvgIpc) is 2.43. The normalized spacial score (nSPS) is 18.8. The van der Waals surface area contributed by atoms with Gasteiger partial charge in [0.05, 0.1) is 11.2 Å². The molecule has 16 heavy (non-hydrogen) atoms. The van der Waals surface area contributed by atoms with Crippen LogP contribution in [0.1, 0.15) is 13.8 Å². The van der Waals surface area contributed by atoms with Gasteiger partial charge >= 0.3 is 0 Å². The van der Waals surface area contributed by atoms with Gasteiger partial charge in [-0.15, -0.1) is 0 Å². The Bertz CT molecular complexity index is 468. The first-order valence-corrected chi connectivity index (χ1v) is 5.79. The fourth-order valence-electron chi connectivity index (χ4n) is 1.72. The number of para-hydroxylation sites is 1. The molecule has 4 heteroatoms. The molecule has 1 amide bonds. The van der Waals surface area contributed by atoms with Gasteiger partial charge in [0.1, 0.15) is 0 Å². The third-order valence-electron chi connectivity index (χ3n) is 2.88. The van der Waals surface area contributed by atoms with Gasteiger partial charge in [-0.3, -0.25) is 15.2 Å². The van der Waals surface area contributed by atoms with Crippen LogP contribution in [-0.4, -0.2) is 11.4 Å². The van der Waals surface area contributed by atoms with E-state index in [1.807, 2.05) is 43.1 Å². The summed E-state index contributed by atoms with van der Waals surface area (Å²) in [7, 11) is 0. The molecule has 1 saturated heterocycles. The van der Waals surface area contributed by atoms with Crippen LogP contribution in [0.3, 0.4) is 0 Å². The van der Waals surface area contributed by atoms with Gasteiger partial charge < -0.3 is 0 Å². The molecule has 0 radical (unpaired) electrons. The number of benzene rings is 1. The van der Waals surface area contributed by atoms with Crippen LogP contribution in [0.2, 0.25) is 0 Å². The van der Waals surface area contributed by atoms with Gasteiger partial charge in [0.25, 0.3) is 5.91 Å². The van der Waals surface area contributed by atoms with Gasteiger partial charge in [-0.1, -0.05) is 18.7 Å². The summed E-state index contributed by atoms with van der Waals surface area (Å²) in [4.78, 5) is 11.6. The van der Waals surface area contributed by atoms with Crippen molar-refractivity contribution < 1.29 is 4.79 Å². The maximum Gasteiger partial charge on any atom is 0.267 e. The molecule has 1 fully saturated rings. The molecule has 0 saturated carbocycles. The molecule has 84 valence electrons. The van der Waals surface area contributed by atoms with Crippen molar-refractivity contribution >= 4 is 27.5 Å². The van der Waals surface area contributed by atoms with Gasteiger partial charge in [-0.2, -0.15) is 0 Å². The van der Waals surface area contributed by atoms with E-state index in [0.29, 0.717) is 5.57 Å². The van der Waals surface area contributed by atoms with E-state index in [9.17, 15) is 4.79 Å². The number of carbonyl (C=O) groups excluding carboxylic acids is 1. The lowest BCUT2D eigenvalue weighted by atomic mass is 9.96. The number of hydrazine groups is 1. The zero-order chi connectivity index (χ0) is 11.9. The number of amides is 1. The third kappa shape index (κ3) is 1.53. The summed E-state index contributed by atoms with van der Waals surface area (Å²) in [6, 6.07) is 7.76. The smallest absolute Gasteiger partial charge is 0.267 e. The number of rotatable bonds is 1. The van der Waals surface area contributed by atoms with E-state index in [-0.39, 0.29) is 5.91 Å². The Hall–Kier alpha value is -1.29. The van der Waals surface area contributed by atoms with Crippen molar-refractivity contribution in [3.05, 3.63) is 40.9 Å². The second-order valence-corrected chi connectivity index (χ2v) is 5.12. The van der Waals surface area contributed by atoms with Gasteiger partial charge in [-0.25, -0.2) is 0 Å². The zero-order valence-electron chi connectivity index (χ0n) is 9.25. The molecule has 0 spiro atoms. The molecule has 3 nitrogen and oxygen atoms in total. The molecule has 1 aromatic rings. The Kier molecular flexibility index (Phi) is 2.54. The highest BCUT2D eigenvalue weighted by molar-refractivity contribution is 9.10. The molecule has 1 N–H and O–H groups in total. The third-order valence-corrected chi connectivity index (χ3v) is 3.55. The molecule has 0 unspecified atom stereocenters. The maximum absolute atomic E-state index is 11.6. The quantitative estimate of drug-likeness (QED) is 0.803. The van der Waals surface area contributed by atoms with Crippen LogP contribution in [-0.2, 0) is 4.79 Å². The molecule has 0 atom stereocenters. The van der Waals surface area contributed by atoms with Gasteiger partial charge in [0.15, 0.2) is 0 Å². The Morgan fingerprint density at radius 1 is 1.38 bits per heavy atom. The largest absolute Gasteiger partial charge is 0.274 e. The lowest BCUT2D eigenvalue weighted by Gasteiger charge is -2.32. The number of nitrogens with zero attached hydrogens (tertiary/aromatic N) is 1. The second kappa shape index (κ2) is 3.63. The number of halogens is 1. The highest BCUT2D eigenvalue weighted by Gasteiger charge is 2.42. The van der Waals surface area contributed by atoms with Crippen LogP contribution in [0.25, 0.3) is 0 Å². The van der Waals surface area contributed by atoms with Crippen LogP contribution in [0.5, 0.6) is 0 Å². The predicted molar refractivity (Wildman–Crippen MR) is 68.0 cm³/mol. The van der Waals surface area contributed by atoms with Crippen molar-refractivity contribution in [2.24, 2.45) is 0 Å². The highest BCUT2D eigenvalue weighted by Crippen LogP contribution is 2.35. The lowest BCUT2D eigenvalue weighted by Crippen LogP contribution is -2.45. The summed E-state index contributed by atoms with van der Waals surface area (Å²) < 4.78 is 0.943. The number of anilines is 1. The standard InChI is InChI=1S/C12H13BrN2O/c1-8-11(16)14-15(12(8,2)3)10-7-5-4-6-9(10)13/h4-7H,1H2,2-3H3,(H,14,16). The van der Waals surface area contributed by atoms with Crippen molar-refractivity contribution in [3.8, 4) is 0 Å². The Balaban J connectivity index is 2.47. The van der Waals surface area contributed by atoms with E-state index < -0.39 is 5.54 Å². The second-order valence-electron chi connectivity index (χ2n) is 4.27. The summed E-state index contributed by atoms with van der Waals surface area (Å²) in [5.74, 6) is -0.124. The van der Waals surface area contributed by atoms with E-state index in [1.165, 1.54) is 0 Å². The van der Waals surface area contributed by atoms with Crippen molar-refractivity contribution in [1.29, 1.82) is 0 Å². The number of hydrogen-bond donors (Lipinski definition) is 1.